The molecule has 0 saturated carbocycles. The van der Waals surface area contributed by atoms with Crippen LogP contribution in [0.2, 0.25) is 0 Å². The number of allylic oxidation sites excluding steroid dienone is 2. The van der Waals surface area contributed by atoms with Gasteiger partial charge in [-0.1, -0.05) is 42.5 Å². The number of nitrogens with one attached hydrogen (secondary N) is 1. The monoisotopic (exact) mass is 229 g/mol. The Hall–Kier alpha value is -1.57. The zero-order valence-corrected chi connectivity index (χ0v) is 10.2. The van der Waals surface area contributed by atoms with E-state index in [0.29, 0.717) is 0 Å². The minimum atomic E-state index is 0.0922. The summed E-state index contributed by atoms with van der Waals surface area (Å²) in [5, 5.41) is 3.09. The van der Waals surface area contributed by atoms with E-state index < -0.39 is 0 Å². The van der Waals surface area contributed by atoms with Gasteiger partial charge in [0.1, 0.15) is 0 Å². The third kappa shape index (κ3) is 3.19. The number of hydrogen-bond acceptors (Lipinski definition) is 1. The lowest BCUT2D eigenvalue weighted by atomic mass is 9.93. The lowest BCUT2D eigenvalue weighted by Gasteiger charge is -2.21. The van der Waals surface area contributed by atoms with Gasteiger partial charge in [0.15, 0.2) is 0 Å². The molecule has 90 valence electrons. The highest BCUT2D eigenvalue weighted by Crippen LogP contribution is 2.20. The average molecular weight is 229 g/mol. The number of carbonyl (C=O) groups is 1. The van der Waals surface area contributed by atoms with Gasteiger partial charge in [0, 0.05) is 5.92 Å². The van der Waals surface area contributed by atoms with E-state index in [1.54, 1.807) is 0 Å². The van der Waals surface area contributed by atoms with Crippen LogP contribution < -0.4 is 5.32 Å². The lowest BCUT2D eigenvalue weighted by molar-refractivity contribution is -0.125. The maximum Gasteiger partial charge on any atom is 0.223 e. The van der Waals surface area contributed by atoms with E-state index in [2.05, 4.69) is 17.5 Å². The van der Waals surface area contributed by atoms with Crippen LogP contribution in [0.5, 0.6) is 0 Å². The fourth-order valence-corrected chi connectivity index (χ4v) is 2.19. The molecular formula is C15H19NO. The second-order valence-corrected chi connectivity index (χ2v) is 4.62. The summed E-state index contributed by atoms with van der Waals surface area (Å²) in [4.78, 5) is 12.0. The van der Waals surface area contributed by atoms with Gasteiger partial charge in [-0.2, -0.15) is 0 Å². The van der Waals surface area contributed by atoms with E-state index in [9.17, 15) is 4.79 Å². The minimum Gasteiger partial charge on any atom is -0.349 e. The molecule has 0 heterocycles. The van der Waals surface area contributed by atoms with E-state index in [1.165, 1.54) is 0 Å². The van der Waals surface area contributed by atoms with Crippen molar-refractivity contribution in [2.75, 3.05) is 0 Å². The Bertz CT molecular complexity index is 397. The van der Waals surface area contributed by atoms with E-state index in [0.717, 1.165) is 24.8 Å². The molecule has 2 rings (SSSR count). The lowest BCUT2D eigenvalue weighted by Crippen LogP contribution is -2.33. The third-order valence-corrected chi connectivity index (χ3v) is 3.30. The Labute approximate surface area is 103 Å². The molecule has 2 heteroatoms. The smallest absolute Gasteiger partial charge is 0.223 e. The highest BCUT2D eigenvalue weighted by atomic mass is 16.1. The molecule has 1 N–H and O–H groups in total. The Kier molecular flexibility index (Phi) is 3.97. The van der Waals surface area contributed by atoms with Crippen molar-refractivity contribution in [1.82, 2.24) is 5.32 Å². The van der Waals surface area contributed by atoms with E-state index in [4.69, 9.17) is 0 Å². The summed E-state index contributed by atoms with van der Waals surface area (Å²) in [6.45, 7) is 2.03. The number of benzene rings is 1. The molecule has 0 aliphatic heterocycles. The number of amides is 1. The average Bonchev–Trinajstić information content (AvgIpc) is 2.40. The molecule has 2 atom stereocenters. The highest BCUT2D eigenvalue weighted by molar-refractivity contribution is 5.79. The van der Waals surface area contributed by atoms with Crippen LogP contribution >= 0.6 is 0 Å². The van der Waals surface area contributed by atoms with Crippen LogP contribution in [0.15, 0.2) is 42.5 Å². The summed E-state index contributed by atoms with van der Waals surface area (Å²) in [6.07, 6.45) is 7.15. The molecule has 0 spiro atoms. The van der Waals surface area contributed by atoms with Crippen molar-refractivity contribution in [2.45, 2.75) is 32.2 Å². The fourth-order valence-electron chi connectivity index (χ4n) is 2.19. The third-order valence-electron chi connectivity index (χ3n) is 3.30. The molecule has 1 aliphatic carbocycles. The molecular weight excluding hydrogens is 210 g/mol. The second kappa shape index (κ2) is 5.67. The number of hydrogen-bond donors (Lipinski definition) is 1. The van der Waals surface area contributed by atoms with E-state index in [-0.39, 0.29) is 17.9 Å². The van der Waals surface area contributed by atoms with Crippen LogP contribution in [0.3, 0.4) is 0 Å². The van der Waals surface area contributed by atoms with Gasteiger partial charge in [0.2, 0.25) is 5.91 Å². The fraction of sp³-hybridized carbons (Fsp3) is 0.400. The van der Waals surface area contributed by atoms with Gasteiger partial charge in [-0.3, -0.25) is 4.79 Å². The zero-order chi connectivity index (χ0) is 12.1. The molecule has 1 amide bonds. The van der Waals surface area contributed by atoms with Gasteiger partial charge < -0.3 is 5.32 Å². The number of rotatable bonds is 3. The van der Waals surface area contributed by atoms with Gasteiger partial charge in [0.05, 0.1) is 6.04 Å². The van der Waals surface area contributed by atoms with Gasteiger partial charge in [-0.15, -0.1) is 0 Å². The molecule has 0 fully saturated rings. The van der Waals surface area contributed by atoms with Crippen LogP contribution in [0.4, 0.5) is 0 Å². The first-order valence-corrected chi connectivity index (χ1v) is 6.27. The number of carbonyl (C=O) groups excluding carboxylic acids is 1. The Morgan fingerprint density at radius 2 is 2.06 bits per heavy atom. The Balaban J connectivity index is 1.92. The first-order valence-electron chi connectivity index (χ1n) is 6.27. The molecule has 17 heavy (non-hydrogen) atoms. The van der Waals surface area contributed by atoms with Crippen molar-refractivity contribution in [3.8, 4) is 0 Å². The van der Waals surface area contributed by atoms with Gasteiger partial charge in [-0.05, 0) is 31.7 Å². The van der Waals surface area contributed by atoms with Crippen LogP contribution in [0.1, 0.15) is 37.8 Å². The molecule has 0 bridgehead atoms. The topological polar surface area (TPSA) is 29.1 Å². The first kappa shape index (κ1) is 11.9. The molecule has 0 saturated heterocycles. The van der Waals surface area contributed by atoms with Crippen LogP contribution in [0.25, 0.3) is 0 Å². The quantitative estimate of drug-likeness (QED) is 0.792. The maximum absolute atomic E-state index is 12.0. The van der Waals surface area contributed by atoms with E-state index in [1.807, 2.05) is 37.3 Å². The van der Waals surface area contributed by atoms with Gasteiger partial charge >= 0.3 is 0 Å². The van der Waals surface area contributed by atoms with Crippen molar-refractivity contribution in [2.24, 2.45) is 5.92 Å². The maximum atomic E-state index is 12.0. The highest BCUT2D eigenvalue weighted by Gasteiger charge is 2.20. The Morgan fingerprint density at radius 3 is 2.71 bits per heavy atom. The largest absolute Gasteiger partial charge is 0.349 e. The van der Waals surface area contributed by atoms with Crippen LogP contribution in [-0.4, -0.2) is 5.91 Å². The van der Waals surface area contributed by atoms with Crippen molar-refractivity contribution < 1.29 is 4.79 Å². The minimum absolute atomic E-state index is 0.0922. The molecule has 2 unspecified atom stereocenters. The van der Waals surface area contributed by atoms with E-state index >= 15 is 0 Å². The predicted octanol–water partition coefficient (Wildman–Crippen LogP) is 3.22. The molecule has 1 aromatic carbocycles. The first-order chi connectivity index (χ1) is 8.27. The predicted molar refractivity (Wildman–Crippen MR) is 69.5 cm³/mol. The summed E-state index contributed by atoms with van der Waals surface area (Å²) in [5.74, 6) is 0.344. The molecule has 0 radical (unpaired) electrons. The summed E-state index contributed by atoms with van der Waals surface area (Å²) in [6, 6.07) is 10.2. The summed E-state index contributed by atoms with van der Waals surface area (Å²) in [5.41, 5.74) is 1.16. The molecule has 1 aliphatic rings. The van der Waals surface area contributed by atoms with Crippen molar-refractivity contribution >= 4 is 5.91 Å². The molecule has 1 aromatic rings. The van der Waals surface area contributed by atoms with Crippen molar-refractivity contribution in [1.29, 1.82) is 0 Å². The summed E-state index contributed by atoms with van der Waals surface area (Å²) >= 11 is 0. The van der Waals surface area contributed by atoms with Crippen molar-refractivity contribution in [3.05, 3.63) is 48.0 Å². The normalized spacial score (nSPS) is 20.9. The van der Waals surface area contributed by atoms with Gasteiger partial charge in [-0.25, -0.2) is 0 Å². The van der Waals surface area contributed by atoms with Crippen molar-refractivity contribution in [3.63, 3.8) is 0 Å². The Morgan fingerprint density at radius 1 is 1.29 bits per heavy atom. The molecule has 0 aromatic heterocycles. The SMILES string of the molecule is CC(NC(=O)C1CC=CCC1)c1ccccc1. The van der Waals surface area contributed by atoms with Crippen LogP contribution in [0, 0.1) is 5.92 Å². The zero-order valence-electron chi connectivity index (χ0n) is 10.2. The second-order valence-electron chi connectivity index (χ2n) is 4.62. The molecule has 2 nitrogen and oxygen atoms in total. The summed E-state index contributed by atoms with van der Waals surface area (Å²) in [7, 11) is 0. The van der Waals surface area contributed by atoms with Gasteiger partial charge in [0.25, 0.3) is 0 Å². The van der Waals surface area contributed by atoms with Crippen LogP contribution in [-0.2, 0) is 4.79 Å². The standard InChI is InChI=1S/C15H19NO/c1-12(13-8-4-2-5-9-13)16-15(17)14-10-6-3-7-11-14/h2-6,8-9,12,14H,7,10-11H2,1H3,(H,16,17). The summed E-state index contributed by atoms with van der Waals surface area (Å²) < 4.78 is 0.